The lowest BCUT2D eigenvalue weighted by atomic mass is 10.1. The van der Waals surface area contributed by atoms with Gasteiger partial charge in [0.2, 0.25) is 0 Å². The van der Waals surface area contributed by atoms with Crippen molar-refractivity contribution in [1.82, 2.24) is 4.57 Å². The molecule has 5 nitrogen and oxygen atoms in total. The van der Waals surface area contributed by atoms with Crippen LogP contribution in [0.4, 0.5) is 0 Å². The Morgan fingerprint density at radius 3 is 2.55 bits per heavy atom. The molecule has 0 spiro atoms. The van der Waals surface area contributed by atoms with Crippen molar-refractivity contribution in [2.45, 2.75) is 26.2 Å². The Balaban J connectivity index is 2.05. The van der Waals surface area contributed by atoms with E-state index in [1.807, 2.05) is 37.3 Å². The van der Waals surface area contributed by atoms with Gasteiger partial charge in [-0.25, -0.2) is 0 Å². The maximum absolute atomic E-state index is 13.2. The van der Waals surface area contributed by atoms with Crippen LogP contribution in [0.2, 0.25) is 5.02 Å². The van der Waals surface area contributed by atoms with Gasteiger partial charge in [-0.3, -0.25) is 14.2 Å². The Morgan fingerprint density at radius 2 is 1.90 bits per heavy atom. The summed E-state index contributed by atoms with van der Waals surface area (Å²) in [5.41, 5.74) is 3.05. The van der Waals surface area contributed by atoms with Gasteiger partial charge >= 0.3 is 5.97 Å². The highest BCUT2D eigenvalue weighted by atomic mass is 35.5. The molecule has 0 unspecified atom stereocenters. The number of carboxylic acids is 1. The largest absolute Gasteiger partial charge is 0.497 e. The molecule has 0 saturated carbocycles. The first-order valence-corrected chi connectivity index (χ1v) is 9.68. The zero-order chi connectivity index (χ0) is 21.0. The number of carbonyl (C=O) groups excluding carboxylic acids is 1. The maximum Gasteiger partial charge on any atom is 0.303 e. The van der Waals surface area contributed by atoms with Crippen LogP contribution in [0.5, 0.6) is 5.75 Å². The molecule has 0 amide bonds. The number of hydrogen-bond acceptors (Lipinski definition) is 3. The molecule has 0 aliphatic rings. The van der Waals surface area contributed by atoms with Gasteiger partial charge in [-0.1, -0.05) is 23.8 Å². The van der Waals surface area contributed by atoms with Crippen LogP contribution in [0.25, 0.3) is 17.0 Å². The summed E-state index contributed by atoms with van der Waals surface area (Å²) in [6.07, 6.45) is 5.24. The second-order valence-corrected chi connectivity index (χ2v) is 7.15. The summed E-state index contributed by atoms with van der Waals surface area (Å²) in [5.74, 6) is -0.238. The third-order valence-electron chi connectivity index (χ3n) is 4.80. The van der Waals surface area contributed by atoms with Crippen molar-refractivity contribution < 1.29 is 19.4 Å². The molecule has 0 aliphatic carbocycles. The number of allylic oxidation sites excluding steroid dienone is 1. The highest BCUT2D eigenvalue weighted by molar-refractivity contribution is 6.30. The first-order valence-electron chi connectivity index (χ1n) is 9.30. The number of aliphatic carboxylic acids is 1. The van der Waals surface area contributed by atoms with Gasteiger partial charge in [0.05, 0.1) is 12.6 Å². The molecule has 0 saturated heterocycles. The second kappa shape index (κ2) is 8.97. The fourth-order valence-electron chi connectivity index (χ4n) is 3.31. The monoisotopic (exact) mass is 411 g/mol. The summed E-state index contributed by atoms with van der Waals surface area (Å²) >= 11 is 5.95. The summed E-state index contributed by atoms with van der Waals surface area (Å²) in [7, 11) is 1.60. The predicted octanol–water partition coefficient (Wildman–Crippen LogP) is 5.57. The second-order valence-electron chi connectivity index (χ2n) is 6.72. The van der Waals surface area contributed by atoms with E-state index >= 15 is 0 Å². The molecule has 1 heterocycles. The number of halogens is 1. The molecular weight excluding hydrogens is 390 g/mol. The summed E-state index contributed by atoms with van der Waals surface area (Å²) in [5, 5.41) is 10.3. The average Bonchev–Trinajstić information content (AvgIpc) is 2.98. The quantitative estimate of drug-likeness (QED) is 0.516. The Kier molecular flexibility index (Phi) is 6.39. The third kappa shape index (κ3) is 4.51. The van der Waals surface area contributed by atoms with E-state index in [4.69, 9.17) is 21.4 Å². The number of hydrogen-bond donors (Lipinski definition) is 1. The molecule has 6 heteroatoms. The minimum absolute atomic E-state index is 0.133. The lowest BCUT2D eigenvalue weighted by Gasteiger charge is -2.08. The van der Waals surface area contributed by atoms with E-state index in [9.17, 15) is 9.59 Å². The molecule has 1 aromatic heterocycles. The van der Waals surface area contributed by atoms with E-state index in [-0.39, 0.29) is 12.3 Å². The molecular formula is C23H22ClNO4. The van der Waals surface area contributed by atoms with Gasteiger partial charge in [0.25, 0.3) is 5.91 Å². The summed E-state index contributed by atoms with van der Waals surface area (Å²) in [6, 6.07) is 12.4. The smallest absolute Gasteiger partial charge is 0.303 e. The average molecular weight is 412 g/mol. The number of methoxy groups -OCH3 is 1. The summed E-state index contributed by atoms with van der Waals surface area (Å²) in [6.45, 7) is 1.90. The SMILES string of the molecule is COc1ccc2c(c1)c(/C=C/CCCC(=O)O)c(C)n2C(=O)c1ccc(Cl)cc1. The number of fused-ring (bicyclic) bond motifs is 1. The summed E-state index contributed by atoms with van der Waals surface area (Å²) in [4.78, 5) is 23.9. The van der Waals surface area contributed by atoms with Crippen LogP contribution in [0.15, 0.2) is 48.5 Å². The third-order valence-corrected chi connectivity index (χ3v) is 5.05. The highest BCUT2D eigenvalue weighted by Crippen LogP contribution is 2.31. The molecule has 0 bridgehead atoms. The van der Waals surface area contributed by atoms with Crippen molar-refractivity contribution in [1.29, 1.82) is 0 Å². The molecule has 0 aliphatic heterocycles. The van der Waals surface area contributed by atoms with Gasteiger partial charge < -0.3 is 9.84 Å². The lowest BCUT2D eigenvalue weighted by Crippen LogP contribution is -2.13. The molecule has 3 aromatic rings. The molecule has 0 fully saturated rings. The van der Waals surface area contributed by atoms with Crippen molar-refractivity contribution in [2.75, 3.05) is 7.11 Å². The van der Waals surface area contributed by atoms with Crippen molar-refractivity contribution in [3.8, 4) is 5.75 Å². The maximum atomic E-state index is 13.2. The number of benzene rings is 2. The lowest BCUT2D eigenvalue weighted by molar-refractivity contribution is -0.137. The van der Waals surface area contributed by atoms with E-state index in [2.05, 4.69) is 0 Å². The van der Waals surface area contributed by atoms with Gasteiger partial charge in [0.15, 0.2) is 0 Å². The van der Waals surface area contributed by atoms with Crippen LogP contribution in [0.3, 0.4) is 0 Å². The first-order chi connectivity index (χ1) is 13.9. The van der Waals surface area contributed by atoms with E-state index in [0.29, 0.717) is 29.2 Å². The Hall–Kier alpha value is -3.05. The number of rotatable bonds is 7. The van der Waals surface area contributed by atoms with Crippen molar-refractivity contribution in [3.05, 3.63) is 70.4 Å². The highest BCUT2D eigenvalue weighted by Gasteiger charge is 2.19. The Labute approximate surface area is 174 Å². The zero-order valence-corrected chi connectivity index (χ0v) is 17.1. The van der Waals surface area contributed by atoms with E-state index < -0.39 is 5.97 Å². The van der Waals surface area contributed by atoms with E-state index in [1.54, 1.807) is 35.9 Å². The summed E-state index contributed by atoms with van der Waals surface area (Å²) < 4.78 is 7.05. The Morgan fingerprint density at radius 1 is 1.17 bits per heavy atom. The molecule has 1 N–H and O–H groups in total. The van der Waals surface area contributed by atoms with Gasteiger partial charge in [0, 0.05) is 33.7 Å². The topological polar surface area (TPSA) is 68.5 Å². The number of ether oxygens (including phenoxy) is 1. The standard InChI is InChI=1S/C23H22ClNO4/c1-15-19(6-4-3-5-7-22(26)27)20-14-18(29-2)12-13-21(20)25(15)23(28)16-8-10-17(24)11-9-16/h4,6,8-14H,3,5,7H2,1-2H3,(H,26,27)/b6-4+. The minimum atomic E-state index is -0.801. The molecule has 2 aromatic carbocycles. The molecule has 150 valence electrons. The van der Waals surface area contributed by atoms with Gasteiger partial charge in [-0.2, -0.15) is 0 Å². The molecule has 0 atom stereocenters. The predicted molar refractivity (Wildman–Crippen MR) is 115 cm³/mol. The number of carboxylic acid groups (broad SMARTS) is 1. The van der Waals surface area contributed by atoms with Crippen molar-refractivity contribution in [3.63, 3.8) is 0 Å². The van der Waals surface area contributed by atoms with Crippen LogP contribution < -0.4 is 4.74 Å². The van der Waals surface area contributed by atoms with Gasteiger partial charge in [0.1, 0.15) is 5.75 Å². The van der Waals surface area contributed by atoms with Crippen molar-refractivity contribution in [2.24, 2.45) is 0 Å². The number of carbonyl (C=O) groups is 2. The fraction of sp³-hybridized carbons (Fsp3) is 0.217. The first kappa shape index (κ1) is 20.7. The normalized spacial score (nSPS) is 11.3. The Bertz CT molecular complexity index is 1080. The molecule has 29 heavy (non-hydrogen) atoms. The number of aromatic nitrogens is 1. The van der Waals surface area contributed by atoms with Gasteiger partial charge in [-0.05, 0) is 62.2 Å². The van der Waals surface area contributed by atoms with Gasteiger partial charge in [-0.15, -0.1) is 0 Å². The van der Waals surface area contributed by atoms with Crippen molar-refractivity contribution >= 4 is 40.5 Å². The van der Waals surface area contributed by atoms with E-state index in [1.165, 1.54) is 0 Å². The van der Waals surface area contributed by atoms with Crippen LogP contribution in [0.1, 0.15) is 40.9 Å². The van der Waals surface area contributed by atoms with Crippen LogP contribution in [-0.4, -0.2) is 28.7 Å². The molecule has 0 radical (unpaired) electrons. The zero-order valence-electron chi connectivity index (χ0n) is 16.3. The van der Waals surface area contributed by atoms with Crippen LogP contribution >= 0.6 is 11.6 Å². The minimum Gasteiger partial charge on any atom is -0.497 e. The fourth-order valence-corrected chi connectivity index (χ4v) is 3.44. The van der Waals surface area contributed by atoms with Crippen LogP contribution in [-0.2, 0) is 4.79 Å². The van der Waals surface area contributed by atoms with Crippen LogP contribution in [0, 0.1) is 6.92 Å². The molecule has 3 rings (SSSR count). The number of nitrogens with zero attached hydrogens (tertiary/aromatic N) is 1. The van der Waals surface area contributed by atoms with E-state index in [0.717, 1.165) is 22.2 Å². The number of unbranched alkanes of at least 4 members (excludes halogenated alkanes) is 1.